The highest BCUT2D eigenvalue weighted by Gasteiger charge is 2.23. The number of carbonyl (C=O) groups is 1. The number of aromatic nitrogens is 1. The molecule has 0 aliphatic heterocycles. The average molecular weight is 355 g/mol. The van der Waals surface area contributed by atoms with E-state index in [1.807, 2.05) is 31.2 Å². The molecule has 0 radical (unpaired) electrons. The van der Waals surface area contributed by atoms with Crippen LogP contribution in [0.5, 0.6) is 11.5 Å². The molecule has 26 heavy (non-hydrogen) atoms. The van der Waals surface area contributed by atoms with Gasteiger partial charge < -0.3 is 14.0 Å². The first kappa shape index (κ1) is 18.6. The molecule has 4 heteroatoms. The molecule has 1 aliphatic carbocycles. The van der Waals surface area contributed by atoms with Crippen molar-refractivity contribution in [2.45, 2.75) is 58.9 Å². The maximum atomic E-state index is 12.8. The van der Waals surface area contributed by atoms with E-state index < -0.39 is 0 Å². The van der Waals surface area contributed by atoms with E-state index in [4.69, 9.17) is 9.47 Å². The van der Waals surface area contributed by atoms with Gasteiger partial charge in [0.05, 0.1) is 7.11 Å². The van der Waals surface area contributed by atoms with E-state index in [-0.39, 0.29) is 12.4 Å². The largest absolute Gasteiger partial charge is 0.493 e. The lowest BCUT2D eigenvalue weighted by molar-refractivity contribution is 0.0918. The lowest BCUT2D eigenvalue weighted by Crippen LogP contribution is -2.17. The highest BCUT2D eigenvalue weighted by molar-refractivity contribution is 5.98. The molecule has 0 amide bonds. The summed E-state index contributed by atoms with van der Waals surface area (Å²) in [5.41, 5.74) is 4.11. The van der Waals surface area contributed by atoms with Crippen LogP contribution in [-0.2, 0) is 0 Å². The molecule has 0 unspecified atom stereocenters. The number of aryl methyl sites for hydroxylation is 2. The molecular weight excluding hydrogens is 326 g/mol. The molecule has 1 fully saturated rings. The first-order valence-electron chi connectivity index (χ1n) is 9.50. The Kier molecular flexibility index (Phi) is 5.70. The highest BCUT2D eigenvalue weighted by atomic mass is 16.5. The third-order valence-electron chi connectivity index (χ3n) is 5.40. The van der Waals surface area contributed by atoms with Crippen molar-refractivity contribution >= 4 is 5.78 Å². The molecule has 140 valence electrons. The number of ether oxygens (including phenoxy) is 2. The molecule has 0 spiro atoms. The van der Waals surface area contributed by atoms with E-state index in [0.29, 0.717) is 17.5 Å². The van der Waals surface area contributed by atoms with Gasteiger partial charge >= 0.3 is 0 Å². The van der Waals surface area contributed by atoms with Crippen molar-refractivity contribution in [1.82, 2.24) is 4.57 Å². The molecule has 0 bridgehead atoms. The van der Waals surface area contributed by atoms with Crippen molar-refractivity contribution in [3.8, 4) is 11.5 Å². The number of methoxy groups -OCH3 is 1. The van der Waals surface area contributed by atoms with Crippen LogP contribution in [0.15, 0.2) is 24.3 Å². The molecule has 1 saturated carbocycles. The molecule has 2 aromatic rings. The SMILES string of the molecule is COc1cc(C)ccc1OCC(=O)c1cc(C)n(C2CCCCC2)c1C. The predicted molar refractivity (Wildman–Crippen MR) is 104 cm³/mol. The van der Waals surface area contributed by atoms with E-state index in [0.717, 1.165) is 16.8 Å². The first-order valence-corrected chi connectivity index (χ1v) is 9.50. The lowest BCUT2D eigenvalue weighted by Gasteiger charge is -2.26. The Labute approximate surface area is 156 Å². The Hall–Kier alpha value is -2.23. The maximum absolute atomic E-state index is 12.8. The summed E-state index contributed by atoms with van der Waals surface area (Å²) in [5.74, 6) is 1.28. The number of hydrogen-bond acceptors (Lipinski definition) is 3. The topological polar surface area (TPSA) is 40.5 Å². The molecular formula is C22H29NO3. The van der Waals surface area contributed by atoms with E-state index in [1.54, 1.807) is 7.11 Å². The minimum atomic E-state index is 0.0165. The zero-order valence-corrected chi connectivity index (χ0v) is 16.3. The number of rotatable bonds is 6. The molecule has 1 heterocycles. The summed E-state index contributed by atoms with van der Waals surface area (Å²) in [6.45, 7) is 6.18. The van der Waals surface area contributed by atoms with Crippen molar-refractivity contribution in [3.05, 3.63) is 46.8 Å². The Morgan fingerprint density at radius 1 is 1.08 bits per heavy atom. The fourth-order valence-corrected chi connectivity index (χ4v) is 4.08. The molecule has 1 aromatic heterocycles. The summed E-state index contributed by atoms with van der Waals surface area (Å²) in [4.78, 5) is 12.8. The normalized spacial score (nSPS) is 15.1. The summed E-state index contributed by atoms with van der Waals surface area (Å²) in [6, 6.07) is 8.27. The van der Waals surface area contributed by atoms with Crippen molar-refractivity contribution in [2.75, 3.05) is 13.7 Å². The van der Waals surface area contributed by atoms with E-state index >= 15 is 0 Å². The monoisotopic (exact) mass is 355 g/mol. The molecule has 1 aromatic carbocycles. The van der Waals surface area contributed by atoms with Gasteiger partial charge in [0, 0.05) is 23.0 Å². The van der Waals surface area contributed by atoms with Gasteiger partial charge in [0.2, 0.25) is 5.78 Å². The second-order valence-corrected chi connectivity index (χ2v) is 7.31. The van der Waals surface area contributed by atoms with Crippen LogP contribution in [0, 0.1) is 20.8 Å². The van der Waals surface area contributed by atoms with Crippen LogP contribution in [-0.4, -0.2) is 24.1 Å². The lowest BCUT2D eigenvalue weighted by atomic mass is 9.95. The maximum Gasteiger partial charge on any atom is 0.202 e. The Balaban J connectivity index is 1.74. The van der Waals surface area contributed by atoms with Gasteiger partial charge in [-0.1, -0.05) is 25.3 Å². The van der Waals surface area contributed by atoms with E-state index in [1.165, 1.54) is 37.8 Å². The molecule has 0 saturated heterocycles. The van der Waals surface area contributed by atoms with Gasteiger partial charge in [0.1, 0.15) is 0 Å². The van der Waals surface area contributed by atoms with Crippen LogP contribution >= 0.6 is 0 Å². The molecule has 0 N–H and O–H groups in total. The molecule has 0 atom stereocenters. The Bertz CT molecular complexity index is 785. The minimum Gasteiger partial charge on any atom is -0.493 e. The quantitative estimate of drug-likeness (QED) is 0.670. The smallest absolute Gasteiger partial charge is 0.202 e. The number of nitrogens with zero attached hydrogens (tertiary/aromatic N) is 1. The van der Waals surface area contributed by atoms with Crippen molar-refractivity contribution < 1.29 is 14.3 Å². The summed E-state index contributed by atoms with van der Waals surface area (Å²) in [5, 5.41) is 0. The average Bonchev–Trinajstić information content (AvgIpc) is 2.95. The van der Waals surface area contributed by atoms with Gasteiger partial charge in [0.25, 0.3) is 0 Å². The minimum absolute atomic E-state index is 0.0165. The van der Waals surface area contributed by atoms with Crippen LogP contribution in [0.3, 0.4) is 0 Å². The number of ketones is 1. The van der Waals surface area contributed by atoms with Crippen molar-refractivity contribution in [1.29, 1.82) is 0 Å². The van der Waals surface area contributed by atoms with Crippen molar-refractivity contribution in [3.63, 3.8) is 0 Å². The fourth-order valence-electron chi connectivity index (χ4n) is 4.08. The summed E-state index contributed by atoms with van der Waals surface area (Å²) >= 11 is 0. The van der Waals surface area contributed by atoms with Crippen LogP contribution in [0.1, 0.15) is 65.5 Å². The van der Waals surface area contributed by atoms with E-state index in [2.05, 4.69) is 18.4 Å². The Morgan fingerprint density at radius 3 is 2.50 bits per heavy atom. The van der Waals surface area contributed by atoms with Gasteiger partial charge in [-0.15, -0.1) is 0 Å². The number of Topliss-reactive ketones (excluding diaryl/α,β-unsaturated/α-hetero) is 1. The molecule has 3 rings (SSSR count). The van der Waals surface area contributed by atoms with Gasteiger partial charge in [-0.3, -0.25) is 4.79 Å². The number of benzene rings is 1. The third kappa shape index (κ3) is 3.79. The van der Waals surface area contributed by atoms with Crippen LogP contribution in [0.25, 0.3) is 0 Å². The van der Waals surface area contributed by atoms with Gasteiger partial charge in [-0.25, -0.2) is 0 Å². The summed E-state index contributed by atoms with van der Waals surface area (Å²) in [7, 11) is 1.61. The van der Waals surface area contributed by atoms with Gasteiger partial charge in [-0.2, -0.15) is 0 Å². The first-order chi connectivity index (χ1) is 12.5. The second kappa shape index (κ2) is 7.98. The van der Waals surface area contributed by atoms with E-state index in [9.17, 15) is 4.79 Å². The number of carbonyl (C=O) groups excluding carboxylic acids is 1. The van der Waals surface area contributed by atoms with Crippen LogP contribution in [0.2, 0.25) is 0 Å². The number of hydrogen-bond donors (Lipinski definition) is 0. The van der Waals surface area contributed by atoms with Gasteiger partial charge in [-0.05, 0) is 57.4 Å². The van der Waals surface area contributed by atoms with Crippen molar-refractivity contribution in [2.24, 2.45) is 0 Å². The zero-order chi connectivity index (χ0) is 18.7. The third-order valence-corrected chi connectivity index (χ3v) is 5.40. The summed E-state index contributed by atoms with van der Waals surface area (Å²) in [6.07, 6.45) is 6.30. The van der Waals surface area contributed by atoms with Crippen LogP contribution in [0.4, 0.5) is 0 Å². The second-order valence-electron chi connectivity index (χ2n) is 7.31. The Morgan fingerprint density at radius 2 is 1.81 bits per heavy atom. The van der Waals surface area contributed by atoms with Gasteiger partial charge in [0.15, 0.2) is 18.1 Å². The summed E-state index contributed by atoms with van der Waals surface area (Å²) < 4.78 is 13.5. The highest BCUT2D eigenvalue weighted by Crippen LogP contribution is 2.32. The fraction of sp³-hybridized carbons (Fsp3) is 0.500. The zero-order valence-electron chi connectivity index (χ0n) is 16.3. The van der Waals surface area contributed by atoms with Crippen LogP contribution < -0.4 is 9.47 Å². The molecule has 1 aliphatic rings. The standard InChI is InChI=1S/C22H29NO3/c1-15-10-11-21(22(12-15)25-4)26-14-20(24)19-13-16(2)23(17(19)3)18-8-6-5-7-9-18/h10-13,18H,5-9,14H2,1-4H3. The molecule has 4 nitrogen and oxygen atoms in total. The predicted octanol–water partition coefficient (Wildman–Crippen LogP) is 5.19.